The SMILES string of the molecule is CCCCOC1OCN(Cc2ccccc2)CC1(C)C. The number of hydrogen-bond donors (Lipinski definition) is 0. The molecule has 1 saturated heterocycles. The van der Waals surface area contributed by atoms with E-state index >= 15 is 0 Å². The minimum atomic E-state index is -0.0823. The summed E-state index contributed by atoms with van der Waals surface area (Å²) in [6, 6.07) is 10.6. The maximum absolute atomic E-state index is 5.93. The average Bonchev–Trinajstić information content (AvgIpc) is 2.42. The van der Waals surface area contributed by atoms with Crippen LogP contribution in [0.2, 0.25) is 0 Å². The molecule has 1 aromatic carbocycles. The zero-order valence-corrected chi connectivity index (χ0v) is 13.0. The molecule has 3 nitrogen and oxygen atoms in total. The summed E-state index contributed by atoms with van der Waals surface area (Å²) in [5, 5.41) is 0. The van der Waals surface area contributed by atoms with Crippen molar-refractivity contribution in [2.75, 3.05) is 19.9 Å². The van der Waals surface area contributed by atoms with E-state index in [9.17, 15) is 0 Å². The van der Waals surface area contributed by atoms with Gasteiger partial charge in [0.1, 0.15) is 6.73 Å². The maximum atomic E-state index is 5.93. The zero-order chi connectivity index (χ0) is 14.4. The Morgan fingerprint density at radius 2 is 2.05 bits per heavy atom. The van der Waals surface area contributed by atoms with Crippen molar-refractivity contribution < 1.29 is 9.47 Å². The summed E-state index contributed by atoms with van der Waals surface area (Å²) in [6.07, 6.45) is 2.18. The van der Waals surface area contributed by atoms with Crippen LogP contribution in [0.25, 0.3) is 0 Å². The van der Waals surface area contributed by atoms with E-state index in [1.165, 1.54) is 5.56 Å². The van der Waals surface area contributed by atoms with Gasteiger partial charge in [-0.1, -0.05) is 57.5 Å². The Morgan fingerprint density at radius 3 is 2.70 bits per heavy atom. The molecule has 1 aromatic rings. The molecule has 0 spiro atoms. The molecule has 1 heterocycles. The number of benzene rings is 1. The molecule has 0 saturated carbocycles. The fourth-order valence-corrected chi connectivity index (χ4v) is 2.65. The standard InChI is InChI=1S/C17H27NO2/c1-4-5-11-19-16-17(2,3)13-18(14-20-16)12-15-9-7-6-8-10-15/h6-10,16H,4-5,11-14H2,1-3H3. The predicted molar refractivity (Wildman–Crippen MR) is 81.2 cm³/mol. The van der Waals surface area contributed by atoms with E-state index in [1.54, 1.807) is 0 Å². The highest BCUT2D eigenvalue weighted by Gasteiger charge is 2.37. The molecule has 112 valence electrons. The third-order valence-corrected chi connectivity index (χ3v) is 3.69. The normalized spacial score (nSPS) is 22.9. The fraction of sp³-hybridized carbons (Fsp3) is 0.647. The molecule has 3 heteroatoms. The molecule has 0 radical (unpaired) electrons. The van der Waals surface area contributed by atoms with Gasteiger partial charge in [-0.15, -0.1) is 0 Å². The molecule has 2 rings (SSSR count). The summed E-state index contributed by atoms with van der Waals surface area (Å²) in [6.45, 7) is 10.0. The number of hydrogen-bond acceptors (Lipinski definition) is 3. The van der Waals surface area contributed by atoms with Crippen molar-refractivity contribution in [2.45, 2.75) is 46.4 Å². The van der Waals surface area contributed by atoms with Gasteiger partial charge in [-0.3, -0.25) is 4.90 Å². The molecule has 0 bridgehead atoms. The van der Waals surface area contributed by atoms with Crippen LogP contribution in [0.1, 0.15) is 39.2 Å². The summed E-state index contributed by atoms with van der Waals surface area (Å²) >= 11 is 0. The van der Waals surface area contributed by atoms with Crippen LogP contribution in [0.3, 0.4) is 0 Å². The molecule has 1 atom stereocenters. The second-order valence-corrected chi connectivity index (χ2v) is 6.31. The fourth-order valence-electron chi connectivity index (χ4n) is 2.65. The van der Waals surface area contributed by atoms with E-state index in [1.807, 2.05) is 0 Å². The van der Waals surface area contributed by atoms with E-state index < -0.39 is 0 Å². The van der Waals surface area contributed by atoms with Crippen molar-refractivity contribution in [3.8, 4) is 0 Å². The summed E-state index contributed by atoms with van der Waals surface area (Å²) in [5.41, 5.74) is 1.36. The van der Waals surface area contributed by atoms with Crippen molar-refractivity contribution in [2.24, 2.45) is 5.41 Å². The largest absolute Gasteiger partial charge is 0.352 e. The topological polar surface area (TPSA) is 21.7 Å². The Balaban J connectivity index is 1.86. The molecular weight excluding hydrogens is 250 g/mol. The highest BCUT2D eigenvalue weighted by Crippen LogP contribution is 2.30. The van der Waals surface area contributed by atoms with Gasteiger partial charge < -0.3 is 9.47 Å². The van der Waals surface area contributed by atoms with Crippen LogP contribution >= 0.6 is 0 Å². The number of rotatable bonds is 6. The minimum absolute atomic E-state index is 0.0285. The quantitative estimate of drug-likeness (QED) is 0.741. The van der Waals surface area contributed by atoms with Gasteiger partial charge in [0.2, 0.25) is 0 Å². The average molecular weight is 277 g/mol. The first kappa shape index (κ1) is 15.5. The van der Waals surface area contributed by atoms with Crippen LogP contribution in [0.4, 0.5) is 0 Å². The van der Waals surface area contributed by atoms with Crippen LogP contribution in [-0.2, 0) is 16.0 Å². The molecule has 1 aliphatic heterocycles. The summed E-state index contributed by atoms with van der Waals surface area (Å²) in [5.74, 6) is 0. The third-order valence-electron chi connectivity index (χ3n) is 3.69. The molecule has 0 aromatic heterocycles. The smallest absolute Gasteiger partial charge is 0.165 e. The molecule has 0 aliphatic carbocycles. The van der Waals surface area contributed by atoms with Crippen molar-refractivity contribution in [1.29, 1.82) is 0 Å². The summed E-state index contributed by atoms with van der Waals surface area (Å²) in [7, 11) is 0. The maximum Gasteiger partial charge on any atom is 0.165 e. The van der Waals surface area contributed by atoms with Crippen molar-refractivity contribution in [1.82, 2.24) is 4.90 Å². The highest BCUT2D eigenvalue weighted by molar-refractivity contribution is 5.14. The van der Waals surface area contributed by atoms with Crippen LogP contribution in [0.5, 0.6) is 0 Å². The molecule has 0 amide bonds. The van der Waals surface area contributed by atoms with Crippen LogP contribution in [-0.4, -0.2) is 31.1 Å². The molecule has 1 aliphatic rings. The Kier molecular flexibility index (Phi) is 5.58. The van der Waals surface area contributed by atoms with Gasteiger partial charge in [0, 0.05) is 25.1 Å². The first-order valence-electron chi connectivity index (χ1n) is 7.61. The van der Waals surface area contributed by atoms with E-state index in [0.717, 1.165) is 32.5 Å². The molecule has 1 unspecified atom stereocenters. The Bertz CT molecular complexity index is 391. The van der Waals surface area contributed by atoms with Crippen LogP contribution < -0.4 is 0 Å². The van der Waals surface area contributed by atoms with Crippen LogP contribution in [0, 0.1) is 5.41 Å². The summed E-state index contributed by atoms with van der Waals surface area (Å²) < 4.78 is 11.8. The summed E-state index contributed by atoms with van der Waals surface area (Å²) in [4.78, 5) is 2.34. The molecule has 1 fully saturated rings. The van der Waals surface area contributed by atoms with Crippen molar-refractivity contribution in [3.05, 3.63) is 35.9 Å². The second-order valence-electron chi connectivity index (χ2n) is 6.31. The zero-order valence-electron chi connectivity index (χ0n) is 13.0. The molecular formula is C17H27NO2. The van der Waals surface area contributed by atoms with Gasteiger partial charge in [0.15, 0.2) is 6.29 Å². The Hall–Kier alpha value is -0.900. The lowest BCUT2D eigenvalue weighted by atomic mass is 9.90. The molecule has 0 N–H and O–H groups in total. The van der Waals surface area contributed by atoms with E-state index in [0.29, 0.717) is 6.73 Å². The van der Waals surface area contributed by atoms with Gasteiger partial charge in [0.25, 0.3) is 0 Å². The minimum Gasteiger partial charge on any atom is -0.352 e. The van der Waals surface area contributed by atoms with Gasteiger partial charge in [0.05, 0.1) is 0 Å². The van der Waals surface area contributed by atoms with E-state index in [2.05, 4.69) is 56.0 Å². The number of unbranched alkanes of at least 4 members (excludes halogenated alkanes) is 1. The van der Waals surface area contributed by atoms with Gasteiger partial charge in [-0.25, -0.2) is 0 Å². The van der Waals surface area contributed by atoms with E-state index in [-0.39, 0.29) is 11.7 Å². The first-order valence-corrected chi connectivity index (χ1v) is 7.61. The first-order chi connectivity index (χ1) is 9.62. The lowest BCUT2D eigenvalue weighted by Gasteiger charge is -2.43. The number of ether oxygens (including phenoxy) is 2. The predicted octanol–water partition coefficient (Wildman–Crippen LogP) is 3.65. The monoisotopic (exact) mass is 277 g/mol. The Morgan fingerprint density at radius 1 is 1.30 bits per heavy atom. The van der Waals surface area contributed by atoms with Gasteiger partial charge in [-0.05, 0) is 12.0 Å². The van der Waals surface area contributed by atoms with Crippen LogP contribution in [0.15, 0.2) is 30.3 Å². The molecule has 20 heavy (non-hydrogen) atoms. The third kappa shape index (κ3) is 4.30. The Labute approximate surface area is 122 Å². The highest BCUT2D eigenvalue weighted by atomic mass is 16.7. The van der Waals surface area contributed by atoms with Crippen molar-refractivity contribution >= 4 is 0 Å². The lowest BCUT2D eigenvalue weighted by molar-refractivity contribution is -0.255. The van der Waals surface area contributed by atoms with Crippen molar-refractivity contribution in [3.63, 3.8) is 0 Å². The second kappa shape index (κ2) is 7.21. The lowest BCUT2D eigenvalue weighted by Crippen LogP contribution is -2.51. The van der Waals surface area contributed by atoms with E-state index in [4.69, 9.17) is 9.47 Å². The van der Waals surface area contributed by atoms with Gasteiger partial charge >= 0.3 is 0 Å². The number of nitrogens with zero attached hydrogens (tertiary/aromatic N) is 1. The van der Waals surface area contributed by atoms with Gasteiger partial charge in [-0.2, -0.15) is 0 Å².